The van der Waals surface area contributed by atoms with Crippen LogP contribution in [0.15, 0.2) is 18.2 Å². The summed E-state index contributed by atoms with van der Waals surface area (Å²) in [6.45, 7) is 3.25. The van der Waals surface area contributed by atoms with Gasteiger partial charge in [-0.1, -0.05) is 45.4 Å². The van der Waals surface area contributed by atoms with Gasteiger partial charge in [0, 0.05) is 12.6 Å². The summed E-state index contributed by atoms with van der Waals surface area (Å²) in [5.74, 6) is 1.66. The fourth-order valence-corrected chi connectivity index (χ4v) is 2.25. The number of anilines is 1. The Kier molecular flexibility index (Phi) is 8.68. The number of hydrogen-bond donors (Lipinski definition) is 1. The van der Waals surface area contributed by atoms with Gasteiger partial charge in [0.15, 0.2) is 0 Å². The second-order valence-corrected chi connectivity index (χ2v) is 5.11. The minimum Gasteiger partial charge on any atom is -0.497 e. The first-order valence-corrected chi connectivity index (χ1v) is 7.77. The maximum atomic E-state index is 5.37. The van der Waals surface area contributed by atoms with Crippen LogP contribution in [-0.2, 0) is 0 Å². The molecule has 0 aliphatic carbocycles. The first-order chi connectivity index (χ1) is 9.81. The SMILES string of the molecule is CCCCCCCCCNc1ccc(OC)cc1OC. The average Bonchev–Trinajstić information content (AvgIpc) is 2.50. The molecule has 3 nitrogen and oxygen atoms in total. The Bertz CT molecular complexity index is 366. The topological polar surface area (TPSA) is 30.5 Å². The van der Waals surface area contributed by atoms with E-state index in [1.54, 1.807) is 14.2 Å². The van der Waals surface area contributed by atoms with Gasteiger partial charge in [0.05, 0.1) is 19.9 Å². The zero-order chi connectivity index (χ0) is 14.6. The molecule has 0 bridgehead atoms. The zero-order valence-electron chi connectivity index (χ0n) is 13.2. The van der Waals surface area contributed by atoms with Crippen LogP contribution < -0.4 is 14.8 Å². The van der Waals surface area contributed by atoms with Crippen LogP contribution in [0, 0.1) is 0 Å². The highest BCUT2D eigenvalue weighted by molar-refractivity contribution is 5.59. The van der Waals surface area contributed by atoms with Gasteiger partial charge in [0.1, 0.15) is 11.5 Å². The number of benzene rings is 1. The molecule has 114 valence electrons. The molecule has 0 unspecified atom stereocenters. The molecule has 0 aliphatic heterocycles. The van der Waals surface area contributed by atoms with Crippen molar-refractivity contribution in [1.82, 2.24) is 0 Å². The van der Waals surface area contributed by atoms with Gasteiger partial charge in [-0.25, -0.2) is 0 Å². The molecular formula is C17H29NO2. The van der Waals surface area contributed by atoms with E-state index in [1.165, 1.54) is 44.9 Å². The van der Waals surface area contributed by atoms with Crippen LogP contribution >= 0.6 is 0 Å². The number of unbranched alkanes of at least 4 members (excludes halogenated alkanes) is 6. The third-order valence-corrected chi connectivity index (χ3v) is 3.50. The predicted molar refractivity (Wildman–Crippen MR) is 86.0 cm³/mol. The Hall–Kier alpha value is -1.38. The molecule has 1 aromatic carbocycles. The fraction of sp³-hybridized carbons (Fsp3) is 0.647. The van der Waals surface area contributed by atoms with E-state index >= 15 is 0 Å². The third-order valence-electron chi connectivity index (χ3n) is 3.50. The minimum atomic E-state index is 0.823. The molecule has 0 spiro atoms. The molecule has 0 aromatic heterocycles. The lowest BCUT2D eigenvalue weighted by Gasteiger charge is -2.12. The van der Waals surface area contributed by atoms with Crippen molar-refractivity contribution >= 4 is 5.69 Å². The van der Waals surface area contributed by atoms with Gasteiger partial charge in [-0.3, -0.25) is 0 Å². The van der Waals surface area contributed by atoms with Gasteiger partial charge in [-0.05, 0) is 18.6 Å². The second-order valence-electron chi connectivity index (χ2n) is 5.11. The number of hydrogen-bond acceptors (Lipinski definition) is 3. The normalized spacial score (nSPS) is 10.3. The summed E-state index contributed by atoms with van der Waals surface area (Å²) in [5.41, 5.74) is 1.04. The molecule has 0 amide bonds. The van der Waals surface area contributed by atoms with Crippen molar-refractivity contribution in [2.45, 2.75) is 51.9 Å². The van der Waals surface area contributed by atoms with E-state index in [9.17, 15) is 0 Å². The van der Waals surface area contributed by atoms with Crippen molar-refractivity contribution in [2.24, 2.45) is 0 Å². The molecule has 0 aliphatic rings. The number of methoxy groups -OCH3 is 2. The molecule has 0 radical (unpaired) electrons. The van der Waals surface area contributed by atoms with Gasteiger partial charge < -0.3 is 14.8 Å². The predicted octanol–water partition coefficient (Wildman–Crippen LogP) is 4.87. The van der Waals surface area contributed by atoms with Gasteiger partial charge in [0.2, 0.25) is 0 Å². The summed E-state index contributed by atoms with van der Waals surface area (Å²) in [5, 5.41) is 3.44. The van der Waals surface area contributed by atoms with Crippen LogP contribution in [0.2, 0.25) is 0 Å². The van der Waals surface area contributed by atoms with Gasteiger partial charge in [-0.15, -0.1) is 0 Å². The van der Waals surface area contributed by atoms with Crippen molar-refractivity contribution in [1.29, 1.82) is 0 Å². The molecule has 3 heteroatoms. The van der Waals surface area contributed by atoms with Crippen molar-refractivity contribution in [3.05, 3.63) is 18.2 Å². The summed E-state index contributed by atoms with van der Waals surface area (Å²) in [7, 11) is 3.36. The maximum Gasteiger partial charge on any atom is 0.145 e. The van der Waals surface area contributed by atoms with E-state index in [4.69, 9.17) is 9.47 Å². The highest BCUT2D eigenvalue weighted by Gasteiger charge is 2.03. The molecule has 0 saturated heterocycles. The quantitative estimate of drug-likeness (QED) is 0.586. The molecule has 1 N–H and O–H groups in total. The van der Waals surface area contributed by atoms with E-state index in [1.807, 2.05) is 18.2 Å². The van der Waals surface area contributed by atoms with Crippen LogP contribution in [0.25, 0.3) is 0 Å². The van der Waals surface area contributed by atoms with E-state index in [-0.39, 0.29) is 0 Å². The molecule has 0 fully saturated rings. The van der Waals surface area contributed by atoms with Crippen molar-refractivity contribution in [3.63, 3.8) is 0 Å². The van der Waals surface area contributed by atoms with E-state index in [0.717, 1.165) is 23.7 Å². The van der Waals surface area contributed by atoms with Crippen LogP contribution in [0.4, 0.5) is 5.69 Å². The largest absolute Gasteiger partial charge is 0.497 e. The monoisotopic (exact) mass is 279 g/mol. The molecule has 0 saturated carbocycles. The Morgan fingerprint density at radius 3 is 2.25 bits per heavy atom. The van der Waals surface area contributed by atoms with Crippen LogP contribution in [0.3, 0.4) is 0 Å². The molecule has 1 rings (SSSR count). The lowest BCUT2D eigenvalue weighted by molar-refractivity contribution is 0.395. The Morgan fingerprint density at radius 1 is 0.900 bits per heavy atom. The van der Waals surface area contributed by atoms with Gasteiger partial charge >= 0.3 is 0 Å². The van der Waals surface area contributed by atoms with Crippen molar-refractivity contribution < 1.29 is 9.47 Å². The standard InChI is InChI=1S/C17H29NO2/c1-4-5-6-7-8-9-10-13-18-16-12-11-15(19-2)14-17(16)20-3/h11-12,14,18H,4-10,13H2,1-3H3. The van der Waals surface area contributed by atoms with Crippen LogP contribution in [0.5, 0.6) is 11.5 Å². The number of ether oxygens (including phenoxy) is 2. The average molecular weight is 279 g/mol. The van der Waals surface area contributed by atoms with E-state index in [0.29, 0.717) is 0 Å². The maximum absolute atomic E-state index is 5.37. The smallest absolute Gasteiger partial charge is 0.145 e. The molecule has 1 aromatic rings. The number of nitrogens with one attached hydrogen (secondary N) is 1. The summed E-state index contributed by atoms with van der Waals surface area (Å²) in [6.07, 6.45) is 9.31. The van der Waals surface area contributed by atoms with E-state index in [2.05, 4.69) is 12.2 Å². The third kappa shape index (κ3) is 6.18. The summed E-state index contributed by atoms with van der Waals surface area (Å²) < 4.78 is 10.6. The first-order valence-electron chi connectivity index (χ1n) is 7.77. The lowest BCUT2D eigenvalue weighted by atomic mass is 10.1. The van der Waals surface area contributed by atoms with E-state index < -0.39 is 0 Å². The zero-order valence-corrected chi connectivity index (χ0v) is 13.2. The van der Waals surface area contributed by atoms with Crippen LogP contribution in [-0.4, -0.2) is 20.8 Å². The van der Waals surface area contributed by atoms with Crippen LogP contribution in [0.1, 0.15) is 51.9 Å². The van der Waals surface area contributed by atoms with Gasteiger partial charge in [0.25, 0.3) is 0 Å². The summed E-state index contributed by atoms with van der Waals surface area (Å²) >= 11 is 0. The molecule has 0 heterocycles. The Labute approximate surface area is 123 Å². The Morgan fingerprint density at radius 2 is 1.60 bits per heavy atom. The van der Waals surface area contributed by atoms with Gasteiger partial charge in [-0.2, -0.15) is 0 Å². The van der Waals surface area contributed by atoms with Crippen molar-refractivity contribution in [2.75, 3.05) is 26.1 Å². The fourth-order valence-electron chi connectivity index (χ4n) is 2.25. The summed E-state index contributed by atoms with van der Waals surface area (Å²) in [6, 6.07) is 5.88. The highest BCUT2D eigenvalue weighted by Crippen LogP contribution is 2.28. The lowest BCUT2D eigenvalue weighted by Crippen LogP contribution is -2.03. The molecule has 20 heavy (non-hydrogen) atoms. The second kappa shape index (κ2) is 10.4. The summed E-state index contributed by atoms with van der Waals surface area (Å²) in [4.78, 5) is 0. The Balaban J connectivity index is 2.21. The first kappa shape index (κ1) is 16.7. The molecular weight excluding hydrogens is 250 g/mol. The molecule has 0 atom stereocenters. The number of rotatable bonds is 11. The minimum absolute atomic E-state index is 0.823. The highest BCUT2D eigenvalue weighted by atomic mass is 16.5. The van der Waals surface area contributed by atoms with Crippen molar-refractivity contribution in [3.8, 4) is 11.5 Å².